The third kappa shape index (κ3) is 3.33. The minimum Gasteiger partial charge on any atom is -0.309 e. The zero-order chi connectivity index (χ0) is 10.6. The van der Waals surface area contributed by atoms with Crippen molar-refractivity contribution in [2.24, 2.45) is 0 Å². The lowest BCUT2D eigenvalue weighted by Crippen LogP contribution is -2.20. The number of pyridine rings is 1. The molecule has 0 radical (unpaired) electrons. The largest absolute Gasteiger partial charge is 0.309 e. The molecule has 0 saturated heterocycles. The quantitative estimate of drug-likeness (QED) is 0.915. The summed E-state index contributed by atoms with van der Waals surface area (Å²) in [5.41, 5.74) is 1.06. The van der Waals surface area contributed by atoms with Gasteiger partial charge in [0, 0.05) is 21.2 Å². The van der Waals surface area contributed by atoms with Crippen LogP contribution in [0.25, 0.3) is 0 Å². The van der Waals surface area contributed by atoms with Crippen molar-refractivity contribution in [2.45, 2.75) is 26.3 Å². The fourth-order valence-corrected chi connectivity index (χ4v) is 2.53. The van der Waals surface area contributed by atoms with Crippen LogP contribution in [0, 0.1) is 0 Å². The zero-order valence-corrected chi connectivity index (χ0v) is 11.5. The smallest absolute Gasteiger partial charge is 0.0712 e. The summed E-state index contributed by atoms with van der Waals surface area (Å²) < 4.78 is 2.04. The lowest BCUT2D eigenvalue weighted by molar-refractivity contribution is 0.556. The third-order valence-electron chi connectivity index (χ3n) is 1.95. The van der Waals surface area contributed by atoms with Gasteiger partial charge in [-0.25, -0.2) is 0 Å². The highest BCUT2D eigenvalue weighted by atomic mass is 79.9. The van der Waals surface area contributed by atoms with Crippen LogP contribution in [-0.4, -0.2) is 11.5 Å². The number of hydrogen-bond donors (Lipinski definition) is 1. The van der Waals surface area contributed by atoms with E-state index in [2.05, 4.69) is 56.0 Å². The van der Waals surface area contributed by atoms with E-state index in [4.69, 9.17) is 0 Å². The van der Waals surface area contributed by atoms with Crippen LogP contribution in [0.5, 0.6) is 0 Å². The maximum atomic E-state index is 4.37. The molecule has 14 heavy (non-hydrogen) atoms. The first-order valence-corrected chi connectivity index (χ1v) is 6.28. The molecule has 0 aliphatic carbocycles. The first kappa shape index (κ1) is 12.1. The van der Waals surface area contributed by atoms with Crippen LogP contribution in [0.4, 0.5) is 0 Å². The Balaban J connectivity index is 2.74. The summed E-state index contributed by atoms with van der Waals surface area (Å²) in [5.74, 6) is 0. The molecule has 1 aromatic heterocycles. The number of nitrogens with one attached hydrogen (secondary N) is 1. The predicted octanol–water partition coefficient (Wildman–Crippen LogP) is 3.67. The Morgan fingerprint density at radius 2 is 2.21 bits per heavy atom. The molecule has 0 saturated carbocycles. The number of hydrogen-bond acceptors (Lipinski definition) is 2. The molecule has 0 fully saturated rings. The van der Waals surface area contributed by atoms with Crippen LogP contribution in [-0.2, 0) is 0 Å². The summed E-state index contributed by atoms with van der Waals surface area (Å²) in [5, 5.41) is 3.40. The van der Waals surface area contributed by atoms with Crippen molar-refractivity contribution in [3.63, 3.8) is 0 Å². The van der Waals surface area contributed by atoms with Gasteiger partial charge < -0.3 is 5.32 Å². The molecule has 78 valence electrons. The van der Waals surface area contributed by atoms with Crippen molar-refractivity contribution < 1.29 is 0 Å². The third-order valence-corrected chi connectivity index (χ3v) is 3.02. The highest BCUT2D eigenvalue weighted by Gasteiger charge is 2.09. The van der Waals surface area contributed by atoms with Crippen molar-refractivity contribution >= 4 is 31.9 Å². The number of rotatable bonds is 4. The van der Waals surface area contributed by atoms with E-state index in [1.54, 1.807) is 0 Å². The summed E-state index contributed by atoms with van der Waals surface area (Å²) >= 11 is 6.89. The van der Waals surface area contributed by atoms with Gasteiger partial charge in [0.05, 0.1) is 5.69 Å². The Hall–Kier alpha value is 0.0700. The molecule has 1 N–H and O–H groups in total. The lowest BCUT2D eigenvalue weighted by atomic mass is 10.2. The summed E-state index contributed by atoms with van der Waals surface area (Å²) in [7, 11) is 0. The van der Waals surface area contributed by atoms with Gasteiger partial charge in [0.2, 0.25) is 0 Å². The Morgan fingerprint density at radius 3 is 2.79 bits per heavy atom. The molecule has 1 heterocycles. The Labute approximate surface area is 102 Å². The van der Waals surface area contributed by atoms with Gasteiger partial charge in [-0.2, -0.15) is 0 Å². The molecule has 1 rings (SSSR count). The Kier molecular flexibility index (Phi) is 5.06. The maximum absolute atomic E-state index is 4.37. The molecule has 0 aliphatic heterocycles. The topological polar surface area (TPSA) is 24.9 Å². The average molecular weight is 322 g/mol. The molecule has 0 spiro atoms. The molecule has 1 atom stereocenters. The SMILES string of the molecule is CCCNC(C)c1ncc(Br)cc1Br. The summed E-state index contributed by atoms with van der Waals surface area (Å²) in [6, 6.07) is 2.31. The number of nitrogens with zero attached hydrogens (tertiary/aromatic N) is 1. The minimum atomic E-state index is 0.289. The average Bonchev–Trinajstić information content (AvgIpc) is 2.14. The highest BCUT2D eigenvalue weighted by molar-refractivity contribution is 9.11. The van der Waals surface area contributed by atoms with Crippen molar-refractivity contribution in [1.82, 2.24) is 10.3 Å². The Bertz CT molecular complexity index is 302. The second-order valence-corrected chi connectivity index (χ2v) is 4.97. The zero-order valence-electron chi connectivity index (χ0n) is 8.35. The number of aromatic nitrogens is 1. The highest BCUT2D eigenvalue weighted by Crippen LogP contribution is 2.24. The molecule has 0 amide bonds. The molecule has 0 aliphatic rings. The van der Waals surface area contributed by atoms with Crippen molar-refractivity contribution in [3.05, 3.63) is 26.9 Å². The van der Waals surface area contributed by atoms with E-state index in [9.17, 15) is 0 Å². The van der Waals surface area contributed by atoms with Gasteiger partial charge >= 0.3 is 0 Å². The maximum Gasteiger partial charge on any atom is 0.0712 e. The fourth-order valence-electron chi connectivity index (χ4n) is 1.20. The molecule has 1 aromatic rings. The van der Waals surface area contributed by atoms with Crippen molar-refractivity contribution in [2.75, 3.05) is 6.54 Å². The minimum absolute atomic E-state index is 0.289. The van der Waals surface area contributed by atoms with Crippen LogP contribution in [0.2, 0.25) is 0 Å². The van der Waals surface area contributed by atoms with E-state index in [1.165, 1.54) is 0 Å². The monoisotopic (exact) mass is 320 g/mol. The van der Waals surface area contributed by atoms with E-state index >= 15 is 0 Å². The van der Waals surface area contributed by atoms with Crippen LogP contribution in [0.15, 0.2) is 21.2 Å². The summed E-state index contributed by atoms with van der Waals surface area (Å²) in [6.45, 7) is 5.30. The van der Waals surface area contributed by atoms with Gasteiger partial charge in [-0.3, -0.25) is 4.98 Å². The fraction of sp³-hybridized carbons (Fsp3) is 0.500. The standard InChI is InChI=1S/C10H14Br2N2/c1-3-4-13-7(2)10-9(12)5-8(11)6-14-10/h5-7,13H,3-4H2,1-2H3. The Morgan fingerprint density at radius 1 is 1.50 bits per heavy atom. The second kappa shape index (κ2) is 5.83. The normalized spacial score (nSPS) is 12.9. The first-order valence-electron chi connectivity index (χ1n) is 4.69. The van der Waals surface area contributed by atoms with E-state index in [1.807, 2.05) is 12.3 Å². The second-order valence-electron chi connectivity index (χ2n) is 3.20. The van der Waals surface area contributed by atoms with Gasteiger partial charge in [-0.05, 0) is 57.8 Å². The van der Waals surface area contributed by atoms with Gasteiger partial charge in [-0.1, -0.05) is 6.92 Å². The molecule has 1 unspecified atom stereocenters. The molecular formula is C10H14Br2N2. The summed E-state index contributed by atoms with van der Waals surface area (Å²) in [6.07, 6.45) is 2.96. The van der Waals surface area contributed by atoms with Gasteiger partial charge in [0.25, 0.3) is 0 Å². The molecule has 2 nitrogen and oxygen atoms in total. The molecule has 0 bridgehead atoms. The van der Waals surface area contributed by atoms with Gasteiger partial charge in [-0.15, -0.1) is 0 Å². The van der Waals surface area contributed by atoms with Crippen LogP contribution < -0.4 is 5.32 Å². The van der Waals surface area contributed by atoms with Crippen molar-refractivity contribution in [3.8, 4) is 0 Å². The molecule has 0 aromatic carbocycles. The first-order chi connectivity index (χ1) is 6.65. The number of halogens is 2. The van der Waals surface area contributed by atoms with E-state index < -0.39 is 0 Å². The lowest BCUT2D eigenvalue weighted by Gasteiger charge is -2.14. The van der Waals surface area contributed by atoms with Gasteiger partial charge in [0.15, 0.2) is 0 Å². The summed E-state index contributed by atoms with van der Waals surface area (Å²) in [4.78, 5) is 4.37. The van der Waals surface area contributed by atoms with Crippen LogP contribution in [0.3, 0.4) is 0 Å². The van der Waals surface area contributed by atoms with Crippen molar-refractivity contribution in [1.29, 1.82) is 0 Å². The van der Waals surface area contributed by atoms with Gasteiger partial charge in [0.1, 0.15) is 0 Å². The van der Waals surface area contributed by atoms with Crippen LogP contribution in [0.1, 0.15) is 32.0 Å². The predicted molar refractivity (Wildman–Crippen MR) is 66.3 cm³/mol. The van der Waals surface area contributed by atoms with E-state index in [0.29, 0.717) is 0 Å². The van der Waals surface area contributed by atoms with Crippen LogP contribution >= 0.6 is 31.9 Å². The van der Waals surface area contributed by atoms with E-state index in [0.717, 1.165) is 27.6 Å². The molecule has 4 heteroatoms. The van der Waals surface area contributed by atoms with E-state index in [-0.39, 0.29) is 6.04 Å². The molecular weight excluding hydrogens is 308 g/mol.